The smallest absolute Gasteiger partial charge is 0.279 e. The van der Waals surface area contributed by atoms with Gasteiger partial charge < -0.3 is 0 Å². The average Bonchev–Trinajstić information content (AvgIpc) is 2.87. The van der Waals surface area contributed by atoms with Crippen molar-refractivity contribution in [3.8, 4) is 0 Å². The Labute approximate surface area is 143 Å². The van der Waals surface area contributed by atoms with Crippen LogP contribution in [0.5, 0.6) is 0 Å². The van der Waals surface area contributed by atoms with Crippen molar-refractivity contribution in [1.82, 2.24) is 19.1 Å². The first-order chi connectivity index (χ1) is 11.9. The minimum absolute atomic E-state index is 0.0229. The number of hydrogen-bond acceptors (Lipinski definition) is 4. The highest BCUT2D eigenvalue weighted by atomic mass is 32.2. The van der Waals surface area contributed by atoms with Crippen LogP contribution in [0.25, 0.3) is 0 Å². The maximum absolute atomic E-state index is 13.1. The summed E-state index contributed by atoms with van der Waals surface area (Å²) in [7, 11) is -4.02. The third-order valence-corrected chi connectivity index (χ3v) is 5.46. The standard InChI is InChI=1S/C15H18F2N4O3S/c16-11-8-12(17)10-13(9-11)25(23,24)18-5-3-7-21-15(22)20-6-2-1-4-14(20)19-21/h8-10,18H,1-7H2. The highest BCUT2D eigenvalue weighted by Gasteiger charge is 2.18. The summed E-state index contributed by atoms with van der Waals surface area (Å²) in [6, 6.07) is 2.10. The van der Waals surface area contributed by atoms with Crippen LogP contribution in [0.15, 0.2) is 27.9 Å². The number of sulfonamides is 1. The van der Waals surface area contributed by atoms with Crippen molar-refractivity contribution in [2.75, 3.05) is 6.54 Å². The third-order valence-electron chi connectivity index (χ3n) is 4.02. The largest absolute Gasteiger partial charge is 0.345 e. The normalized spacial score (nSPS) is 14.5. The van der Waals surface area contributed by atoms with Gasteiger partial charge in [-0.1, -0.05) is 0 Å². The second-order valence-corrected chi connectivity index (χ2v) is 7.65. The van der Waals surface area contributed by atoms with E-state index in [0.29, 0.717) is 19.0 Å². The monoisotopic (exact) mass is 372 g/mol. The number of aryl methyl sites for hydroxylation is 2. The number of benzene rings is 1. The Kier molecular flexibility index (Phi) is 5.00. The van der Waals surface area contributed by atoms with Crippen LogP contribution in [0.2, 0.25) is 0 Å². The van der Waals surface area contributed by atoms with Gasteiger partial charge in [0.1, 0.15) is 17.5 Å². The predicted molar refractivity (Wildman–Crippen MR) is 85.6 cm³/mol. The zero-order chi connectivity index (χ0) is 18.0. The molecule has 1 aromatic heterocycles. The Bertz CT molecular complexity index is 916. The molecule has 0 radical (unpaired) electrons. The fourth-order valence-electron chi connectivity index (χ4n) is 2.80. The molecule has 0 saturated heterocycles. The summed E-state index contributed by atoms with van der Waals surface area (Å²) >= 11 is 0. The lowest BCUT2D eigenvalue weighted by Crippen LogP contribution is -2.29. The topological polar surface area (TPSA) is 86.0 Å². The maximum atomic E-state index is 13.1. The van der Waals surface area contributed by atoms with Gasteiger partial charge in [0.2, 0.25) is 10.0 Å². The summed E-state index contributed by atoms with van der Waals surface area (Å²) in [5.41, 5.74) is -0.190. The van der Waals surface area contributed by atoms with E-state index in [0.717, 1.165) is 37.2 Å². The van der Waals surface area contributed by atoms with Crippen molar-refractivity contribution >= 4 is 10.0 Å². The molecule has 1 aromatic carbocycles. The van der Waals surface area contributed by atoms with Crippen molar-refractivity contribution in [2.45, 2.75) is 43.7 Å². The second kappa shape index (κ2) is 7.04. The number of fused-ring (bicyclic) bond motifs is 1. The fourth-order valence-corrected chi connectivity index (χ4v) is 3.91. The highest BCUT2D eigenvalue weighted by molar-refractivity contribution is 7.89. The van der Waals surface area contributed by atoms with Crippen LogP contribution in [0.1, 0.15) is 25.1 Å². The number of nitrogens with zero attached hydrogens (tertiary/aromatic N) is 3. The Balaban J connectivity index is 1.60. The quantitative estimate of drug-likeness (QED) is 0.768. The lowest BCUT2D eigenvalue weighted by molar-refractivity contribution is 0.508. The molecule has 0 bridgehead atoms. The molecule has 0 atom stereocenters. The summed E-state index contributed by atoms with van der Waals surface area (Å²) in [5.74, 6) is -1.17. The highest BCUT2D eigenvalue weighted by Crippen LogP contribution is 2.13. The van der Waals surface area contributed by atoms with Crippen LogP contribution in [-0.4, -0.2) is 29.3 Å². The van der Waals surface area contributed by atoms with Gasteiger partial charge in [-0.3, -0.25) is 4.57 Å². The first kappa shape index (κ1) is 17.7. The minimum atomic E-state index is -4.02. The van der Waals surface area contributed by atoms with Crippen LogP contribution >= 0.6 is 0 Å². The van der Waals surface area contributed by atoms with Crippen molar-refractivity contribution < 1.29 is 17.2 Å². The van der Waals surface area contributed by atoms with E-state index in [9.17, 15) is 22.0 Å². The molecule has 0 saturated carbocycles. The van der Waals surface area contributed by atoms with Crippen molar-refractivity contribution in [2.24, 2.45) is 0 Å². The van der Waals surface area contributed by atoms with E-state index in [1.54, 1.807) is 4.57 Å². The van der Waals surface area contributed by atoms with E-state index in [1.807, 2.05) is 0 Å². The zero-order valence-corrected chi connectivity index (χ0v) is 14.2. The van der Waals surface area contributed by atoms with Crippen LogP contribution in [0.3, 0.4) is 0 Å². The zero-order valence-electron chi connectivity index (χ0n) is 13.4. The van der Waals surface area contributed by atoms with Gasteiger partial charge in [0, 0.05) is 32.1 Å². The molecule has 0 aliphatic carbocycles. The van der Waals surface area contributed by atoms with Crippen molar-refractivity contribution in [3.05, 3.63) is 46.1 Å². The van der Waals surface area contributed by atoms with Gasteiger partial charge in [-0.2, -0.15) is 5.10 Å². The van der Waals surface area contributed by atoms with Crippen molar-refractivity contribution in [1.29, 1.82) is 0 Å². The number of aromatic nitrogens is 3. The van der Waals surface area contributed by atoms with Gasteiger partial charge in [-0.25, -0.2) is 31.4 Å². The molecule has 2 heterocycles. The molecule has 0 spiro atoms. The molecule has 0 unspecified atom stereocenters. The molecule has 0 fully saturated rings. The molecule has 2 aromatic rings. The average molecular weight is 372 g/mol. The molecule has 1 aliphatic rings. The van der Waals surface area contributed by atoms with Gasteiger partial charge >= 0.3 is 5.69 Å². The molecular formula is C15H18F2N4O3S. The molecule has 0 amide bonds. The summed E-state index contributed by atoms with van der Waals surface area (Å²) in [6.07, 6.45) is 3.04. The van der Waals surface area contributed by atoms with E-state index in [2.05, 4.69) is 9.82 Å². The first-order valence-corrected chi connectivity index (χ1v) is 9.47. The van der Waals surface area contributed by atoms with Gasteiger partial charge in [-0.05, 0) is 31.4 Å². The molecule has 10 heteroatoms. The molecule has 136 valence electrons. The summed E-state index contributed by atoms with van der Waals surface area (Å²) in [6.45, 7) is 0.944. The molecular weight excluding hydrogens is 354 g/mol. The molecule has 1 N–H and O–H groups in total. The summed E-state index contributed by atoms with van der Waals surface area (Å²) in [4.78, 5) is 11.7. The van der Waals surface area contributed by atoms with Crippen LogP contribution < -0.4 is 10.4 Å². The number of halogens is 2. The van der Waals surface area contributed by atoms with Crippen LogP contribution in [-0.2, 0) is 29.5 Å². The number of hydrogen-bond donors (Lipinski definition) is 1. The van der Waals surface area contributed by atoms with E-state index in [-0.39, 0.29) is 18.8 Å². The van der Waals surface area contributed by atoms with Gasteiger partial charge in [0.15, 0.2) is 0 Å². The van der Waals surface area contributed by atoms with Crippen molar-refractivity contribution in [3.63, 3.8) is 0 Å². The Morgan fingerprint density at radius 2 is 1.88 bits per heavy atom. The van der Waals surface area contributed by atoms with E-state index >= 15 is 0 Å². The Hall–Kier alpha value is -2.07. The van der Waals surface area contributed by atoms with Gasteiger partial charge in [0.05, 0.1) is 4.90 Å². The lowest BCUT2D eigenvalue weighted by atomic mass is 10.2. The van der Waals surface area contributed by atoms with Crippen LogP contribution in [0, 0.1) is 11.6 Å². The third kappa shape index (κ3) is 3.96. The second-order valence-electron chi connectivity index (χ2n) is 5.89. The maximum Gasteiger partial charge on any atom is 0.345 e. The molecule has 25 heavy (non-hydrogen) atoms. The summed E-state index contributed by atoms with van der Waals surface area (Å²) < 4.78 is 55.6. The number of nitrogens with one attached hydrogen (secondary N) is 1. The predicted octanol–water partition coefficient (Wildman–Crippen LogP) is 1.03. The Morgan fingerprint density at radius 1 is 1.16 bits per heavy atom. The lowest BCUT2D eigenvalue weighted by Gasteiger charge is -2.09. The van der Waals surface area contributed by atoms with Gasteiger partial charge in [-0.15, -0.1) is 0 Å². The molecule has 3 rings (SSSR count). The number of rotatable bonds is 6. The molecule has 1 aliphatic heterocycles. The summed E-state index contributed by atoms with van der Waals surface area (Å²) in [5, 5.41) is 4.26. The fraction of sp³-hybridized carbons (Fsp3) is 0.467. The first-order valence-electron chi connectivity index (χ1n) is 7.99. The van der Waals surface area contributed by atoms with E-state index in [1.165, 1.54) is 4.68 Å². The Morgan fingerprint density at radius 3 is 2.56 bits per heavy atom. The van der Waals surface area contributed by atoms with Gasteiger partial charge in [0.25, 0.3) is 0 Å². The molecule has 7 nitrogen and oxygen atoms in total. The van der Waals surface area contributed by atoms with Crippen LogP contribution in [0.4, 0.5) is 8.78 Å². The van der Waals surface area contributed by atoms with E-state index < -0.39 is 26.6 Å². The SMILES string of the molecule is O=c1n(CCCNS(=O)(=O)c2cc(F)cc(F)c2)nc2n1CCCC2. The minimum Gasteiger partial charge on any atom is -0.279 e. The van der Waals surface area contributed by atoms with E-state index in [4.69, 9.17) is 0 Å².